The Morgan fingerprint density at radius 2 is 2.04 bits per heavy atom. The normalized spacial score (nSPS) is 16.1. The van der Waals surface area contributed by atoms with Gasteiger partial charge in [0, 0.05) is 17.1 Å². The third-order valence-electron chi connectivity index (χ3n) is 5.20. The van der Waals surface area contributed by atoms with Gasteiger partial charge in [0.25, 0.3) is 0 Å². The minimum atomic E-state index is 0. The van der Waals surface area contributed by atoms with Crippen LogP contribution in [0.15, 0.2) is 46.9 Å². The van der Waals surface area contributed by atoms with Gasteiger partial charge in [-0.25, -0.2) is 4.99 Å². The molecule has 1 saturated heterocycles. The molecule has 1 aliphatic rings. The zero-order valence-corrected chi connectivity index (χ0v) is 17.8. The van der Waals surface area contributed by atoms with Crippen LogP contribution in [0, 0.1) is 0 Å². The summed E-state index contributed by atoms with van der Waals surface area (Å²) in [5.74, 6) is 1.22. The number of aromatic nitrogens is 1. The summed E-state index contributed by atoms with van der Waals surface area (Å²) in [6.45, 7) is 5.78. The summed E-state index contributed by atoms with van der Waals surface area (Å²) in [5.41, 5.74) is 9.68. The molecule has 7 heteroatoms. The van der Waals surface area contributed by atoms with Crippen LogP contribution in [0.5, 0.6) is 0 Å². The van der Waals surface area contributed by atoms with Crippen LogP contribution in [0.3, 0.4) is 0 Å². The largest absolute Gasteiger partial charge is 0.383 e. The Morgan fingerprint density at radius 3 is 2.70 bits per heavy atom. The molecular weight excluding hydrogens is 399 g/mol. The van der Waals surface area contributed by atoms with E-state index in [2.05, 4.69) is 40.1 Å². The number of thiophene rings is 1. The van der Waals surface area contributed by atoms with Crippen LogP contribution in [0.25, 0.3) is 10.9 Å². The summed E-state index contributed by atoms with van der Waals surface area (Å²) in [6.07, 6.45) is 4.64. The maximum absolute atomic E-state index is 6.15. The molecule has 0 radical (unpaired) electrons. The van der Waals surface area contributed by atoms with Crippen LogP contribution >= 0.6 is 36.2 Å². The monoisotopic (exact) mass is 424 g/mol. The van der Waals surface area contributed by atoms with Gasteiger partial charge in [-0.15, -0.1) is 36.2 Å². The van der Waals surface area contributed by atoms with E-state index in [0.717, 1.165) is 17.1 Å². The lowest BCUT2D eigenvalue weighted by Gasteiger charge is -2.30. The number of H-pyrrole nitrogens is 1. The number of rotatable bonds is 4. The minimum Gasteiger partial charge on any atom is -0.383 e. The molecule has 3 heterocycles. The summed E-state index contributed by atoms with van der Waals surface area (Å²) in [6, 6.07) is 10.3. The fraction of sp³-hybridized carbons (Fsp3) is 0.350. The Kier molecular flexibility index (Phi) is 7.74. The highest BCUT2D eigenvalue weighted by Crippen LogP contribution is 2.34. The number of piperidine rings is 1. The molecule has 0 bridgehead atoms. The number of fused-ring (bicyclic) bond motifs is 1. The number of amidine groups is 1. The number of nitrogens with two attached hydrogens (primary N) is 1. The molecule has 0 saturated carbocycles. The van der Waals surface area contributed by atoms with Crippen LogP contribution in [-0.4, -0.2) is 35.4 Å². The molecule has 0 atom stereocenters. The summed E-state index contributed by atoms with van der Waals surface area (Å²) in [5, 5.41) is 3.31. The second-order valence-electron chi connectivity index (χ2n) is 6.66. The van der Waals surface area contributed by atoms with Crippen LogP contribution in [-0.2, 0) is 0 Å². The highest BCUT2D eigenvalue weighted by atomic mass is 35.5. The van der Waals surface area contributed by atoms with Crippen LogP contribution < -0.4 is 5.73 Å². The van der Waals surface area contributed by atoms with Gasteiger partial charge < -0.3 is 15.6 Å². The van der Waals surface area contributed by atoms with Crippen molar-refractivity contribution in [3.63, 3.8) is 0 Å². The van der Waals surface area contributed by atoms with E-state index in [0.29, 0.717) is 11.8 Å². The van der Waals surface area contributed by atoms with E-state index in [1.165, 1.54) is 42.4 Å². The molecule has 0 aliphatic carbocycles. The minimum absolute atomic E-state index is 0. The van der Waals surface area contributed by atoms with E-state index >= 15 is 0 Å². The molecule has 1 aliphatic heterocycles. The maximum atomic E-state index is 6.15. The summed E-state index contributed by atoms with van der Waals surface area (Å²) in [7, 11) is 0. The molecule has 0 unspecified atom stereocenters. The fourth-order valence-electron chi connectivity index (χ4n) is 3.72. The average molecular weight is 425 g/mol. The molecule has 0 amide bonds. The van der Waals surface area contributed by atoms with E-state index in [4.69, 9.17) is 5.73 Å². The standard InChI is InChI=1S/C20H24N4S.2ClH/c1-2-24-9-7-14(8-10-24)17-13-22-18-6-5-15(12-16(17)18)23-20(21)19-4-3-11-25-19;;/h3-6,11-14,22H,2,7-10H2,1H3,(H2,21,23);2*1H. The van der Waals surface area contributed by atoms with Crippen molar-refractivity contribution in [1.29, 1.82) is 0 Å². The van der Waals surface area contributed by atoms with E-state index < -0.39 is 0 Å². The van der Waals surface area contributed by atoms with Gasteiger partial charge in [0.1, 0.15) is 5.84 Å². The number of nitrogens with one attached hydrogen (secondary N) is 1. The van der Waals surface area contributed by atoms with Crippen molar-refractivity contribution in [3.8, 4) is 0 Å². The number of halogens is 2. The maximum Gasteiger partial charge on any atom is 0.141 e. The first kappa shape index (κ1) is 21.8. The quantitative estimate of drug-likeness (QED) is 0.440. The first-order valence-electron chi connectivity index (χ1n) is 8.96. The van der Waals surface area contributed by atoms with Gasteiger partial charge in [0.05, 0.1) is 10.6 Å². The molecule has 1 aromatic carbocycles. The average Bonchev–Trinajstić information content (AvgIpc) is 3.31. The van der Waals surface area contributed by atoms with E-state index in [9.17, 15) is 0 Å². The Labute approximate surface area is 176 Å². The number of likely N-dealkylation sites (tertiary alicyclic amines) is 1. The first-order valence-corrected chi connectivity index (χ1v) is 9.84. The van der Waals surface area contributed by atoms with Crippen LogP contribution in [0.4, 0.5) is 5.69 Å². The number of hydrogen-bond acceptors (Lipinski definition) is 3. The molecule has 4 nitrogen and oxygen atoms in total. The van der Waals surface area contributed by atoms with Crippen LogP contribution in [0.2, 0.25) is 0 Å². The lowest BCUT2D eigenvalue weighted by atomic mass is 9.89. The molecule has 27 heavy (non-hydrogen) atoms. The van der Waals surface area contributed by atoms with Gasteiger partial charge in [-0.3, -0.25) is 0 Å². The zero-order valence-electron chi connectivity index (χ0n) is 15.4. The smallest absolute Gasteiger partial charge is 0.141 e. The Balaban J connectivity index is 0.00000131. The third-order valence-corrected chi connectivity index (χ3v) is 6.09. The molecule has 0 spiro atoms. The van der Waals surface area contributed by atoms with Gasteiger partial charge in [-0.1, -0.05) is 13.0 Å². The molecule has 146 valence electrons. The fourth-order valence-corrected chi connectivity index (χ4v) is 4.34. The van der Waals surface area contributed by atoms with Gasteiger partial charge in [-0.2, -0.15) is 0 Å². The molecule has 3 N–H and O–H groups in total. The van der Waals surface area contributed by atoms with Crippen molar-refractivity contribution in [1.82, 2.24) is 9.88 Å². The van der Waals surface area contributed by atoms with E-state index in [-0.39, 0.29) is 24.8 Å². The van der Waals surface area contributed by atoms with Gasteiger partial charge in [-0.05, 0) is 73.6 Å². The first-order chi connectivity index (χ1) is 12.2. The second kappa shape index (κ2) is 9.60. The van der Waals surface area contributed by atoms with Crippen LogP contribution in [0.1, 0.15) is 36.1 Å². The summed E-state index contributed by atoms with van der Waals surface area (Å²) in [4.78, 5) is 11.6. The number of aromatic amines is 1. The number of nitrogens with zero attached hydrogens (tertiary/aromatic N) is 2. The van der Waals surface area contributed by atoms with Crippen molar-refractivity contribution in [2.45, 2.75) is 25.7 Å². The molecule has 1 fully saturated rings. The lowest BCUT2D eigenvalue weighted by Crippen LogP contribution is -2.32. The third kappa shape index (κ3) is 4.66. The highest BCUT2D eigenvalue weighted by Gasteiger charge is 2.22. The Bertz CT molecular complexity index is 881. The number of aliphatic imine (C=N–C) groups is 1. The van der Waals surface area contributed by atoms with E-state index in [1.54, 1.807) is 11.3 Å². The summed E-state index contributed by atoms with van der Waals surface area (Å²) < 4.78 is 0. The molecule has 4 rings (SSSR count). The van der Waals surface area contributed by atoms with Crippen molar-refractivity contribution in [3.05, 3.63) is 52.3 Å². The Morgan fingerprint density at radius 1 is 1.26 bits per heavy atom. The summed E-state index contributed by atoms with van der Waals surface area (Å²) >= 11 is 1.62. The van der Waals surface area contributed by atoms with Crippen molar-refractivity contribution in [2.24, 2.45) is 10.7 Å². The predicted octanol–water partition coefficient (Wildman–Crippen LogP) is 5.31. The predicted molar refractivity (Wildman–Crippen MR) is 122 cm³/mol. The lowest BCUT2D eigenvalue weighted by molar-refractivity contribution is 0.223. The molecule has 2 aromatic heterocycles. The van der Waals surface area contributed by atoms with E-state index in [1.807, 2.05) is 23.6 Å². The Hall–Kier alpha value is -1.53. The highest BCUT2D eigenvalue weighted by molar-refractivity contribution is 7.12. The molecule has 3 aromatic rings. The van der Waals surface area contributed by atoms with Gasteiger partial charge in [0.2, 0.25) is 0 Å². The second-order valence-corrected chi connectivity index (χ2v) is 7.60. The van der Waals surface area contributed by atoms with Crippen molar-refractivity contribution < 1.29 is 0 Å². The van der Waals surface area contributed by atoms with Crippen molar-refractivity contribution in [2.75, 3.05) is 19.6 Å². The van der Waals surface area contributed by atoms with Gasteiger partial charge in [0.15, 0.2) is 0 Å². The topological polar surface area (TPSA) is 57.4 Å². The van der Waals surface area contributed by atoms with Crippen molar-refractivity contribution >= 4 is 58.6 Å². The zero-order chi connectivity index (χ0) is 17.2. The SMILES string of the molecule is CCN1CCC(c2c[nH]c3ccc(N=C(N)c4cccs4)cc23)CC1.Cl.Cl. The molecular formula is C20H26Cl2N4S. The number of benzene rings is 1. The van der Waals surface area contributed by atoms with Gasteiger partial charge >= 0.3 is 0 Å². The number of hydrogen-bond donors (Lipinski definition) is 2.